The van der Waals surface area contributed by atoms with E-state index in [-0.39, 0.29) is 35.5 Å². The number of nitrogens with one attached hydrogen (secondary N) is 1. The highest BCUT2D eigenvalue weighted by molar-refractivity contribution is 8.02. The van der Waals surface area contributed by atoms with Gasteiger partial charge < -0.3 is 14.8 Å². The molecule has 2 atom stereocenters. The molecule has 0 saturated carbocycles. The summed E-state index contributed by atoms with van der Waals surface area (Å²) in [7, 11) is -2.95. The fourth-order valence-corrected chi connectivity index (χ4v) is 6.96. The van der Waals surface area contributed by atoms with Gasteiger partial charge in [0.05, 0.1) is 23.1 Å². The topological polar surface area (TPSA) is 81.7 Å². The molecule has 2 aromatic carbocycles. The van der Waals surface area contributed by atoms with Crippen molar-refractivity contribution in [2.24, 2.45) is 0 Å². The minimum absolute atomic E-state index is 0.00904. The largest absolute Gasteiger partial charge is 0.454 e. The molecular formula is C20H21NO5S2. The highest BCUT2D eigenvalue weighted by Gasteiger charge is 2.29. The van der Waals surface area contributed by atoms with Crippen LogP contribution >= 0.6 is 11.8 Å². The molecule has 148 valence electrons. The number of carbonyl (C=O) groups is 1. The van der Waals surface area contributed by atoms with Crippen LogP contribution in [0.5, 0.6) is 11.5 Å². The molecule has 0 aliphatic carbocycles. The zero-order chi connectivity index (χ0) is 19.7. The Bertz CT molecular complexity index is 1010. The second-order valence-corrected chi connectivity index (χ2v) is 10.5. The number of hydrogen-bond acceptors (Lipinski definition) is 6. The molecule has 2 unspecified atom stereocenters. The summed E-state index contributed by atoms with van der Waals surface area (Å²) in [4.78, 5) is 13.7. The Hall–Kier alpha value is -2.19. The van der Waals surface area contributed by atoms with Crippen molar-refractivity contribution in [1.29, 1.82) is 0 Å². The number of amides is 1. The summed E-state index contributed by atoms with van der Waals surface area (Å²) >= 11 is 1.47. The maximum absolute atomic E-state index is 12.9. The number of carbonyl (C=O) groups excluding carboxylic acids is 1. The SMILES string of the molecule is CC(NC(=O)c1ccccc1SC1CCS(=O)(=O)C1)c1ccc2c(c1)OCO2. The van der Waals surface area contributed by atoms with Crippen molar-refractivity contribution in [3.05, 3.63) is 53.6 Å². The average Bonchev–Trinajstić information content (AvgIpc) is 3.27. The minimum atomic E-state index is -2.95. The minimum Gasteiger partial charge on any atom is -0.454 e. The van der Waals surface area contributed by atoms with E-state index in [9.17, 15) is 13.2 Å². The molecule has 2 aliphatic rings. The van der Waals surface area contributed by atoms with Crippen LogP contribution in [0, 0.1) is 0 Å². The highest BCUT2D eigenvalue weighted by Crippen LogP contribution is 2.35. The average molecular weight is 420 g/mol. The van der Waals surface area contributed by atoms with Crippen LogP contribution in [0.15, 0.2) is 47.4 Å². The van der Waals surface area contributed by atoms with Gasteiger partial charge in [0.15, 0.2) is 21.3 Å². The molecule has 2 aromatic rings. The normalized spacial score (nSPS) is 20.7. The first-order chi connectivity index (χ1) is 13.4. The molecule has 1 amide bonds. The van der Waals surface area contributed by atoms with Gasteiger partial charge in [0, 0.05) is 10.1 Å². The first-order valence-corrected chi connectivity index (χ1v) is 11.8. The predicted octanol–water partition coefficient (Wildman–Crippen LogP) is 3.19. The van der Waals surface area contributed by atoms with Gasteiger partial charge in [-0.25, -0.2) is 8.42 Å². The Morgan fingerprint density at radius 2 is 1.96 bits per heavy atom. The fourth-order valence-electron chi connectivity index (χ4n) is 3.33. The highest BCUT2D eigenvalue weighted by atomic mass is 32.2. The molecule has 1 N–H and O–H groups in total. The summed E-state index contributed by atoms with van der Waals surface area (Å²) in [6.45, 7) is 2.12. The molecule has 2 aliphatic heterocycles. The van der Waals surface area contributed by atoms with E-state index >= 15 is 0 Å². The lowest BCUT2D eigenvalue weighted by Crippen LogP contribution is -2.27. The van der Waals surface area contributed by atoms with Crippen LogP contribution in [-0.4, -0.2) is 37.9 Å². The summed E-state index contributed by atoms with van der Waals surface area (Å²) in [5.74, 6) is 1.59. The van der Waals surface area contributed by atoms with Crippen molar-refractivity contribution in [1.82, 2.24) is 5.32 Å². The van der Waals surface area contributed by atoms with Crippen LogP contribution < -0.4 is 14.8 Å². The first kappa shape index (κ1) is 19.1. The van der Waals surface area contributed by atoms with Crippen LogP contribution in [0.25, 0.3) is 0 Å². The van der Waals surface area contributed by atoms with Gasteiger partial charge in [-0.05, 0) is 43.2 Å². The molecule has 0 bridgehead atoms. The van der Waals surface area contributed by atoms with Crippen molar-refractivity contribution < 1.29 is 22.7 Å². The van der Waals surface area contributed by atoms with Crippen molar-refractivity contribution in [2.75, 3.05) is 18.3 Å². The molecule has 2 heterocycles. The summed E-state index contributed by atoms with van der Waals surface area (Å²) in [6, 6.07) is 12.7. The van der Waals surface area contributed by atoms with Crippen LogP contribution in [0.1, 0.15) is 35.3 Å². The smallest absolute Gasteiger partial charge is 0.252 e. The Balaban J connectivity index is 1.47. The van der Waals surface area contributed by atoms with Gasteiger partial charge in [-0.15, -0.1) is 11.8 Å². The van der Waals surface area contributed by atoms with Gasteiger partial charge in [0.1, 0.15) is 0 Å². The molecule has 4 rings (SSSR count). The van der Waals surface area contributed by atoms with Crippen LogP contribution in [-0.2, 0) is 9.84 Å². The molecule has 1 saturated heterocycles. The number of hydrogen-bond donors (Lipinski definition) is 1. The second kappa shape index (κ2) is 7.67. The fraction of sp³-hybridized carbons (Fsp3) is 0.350. The molecule has 0 aromatic heterocycles. The van der Waals surface area contributed by atoms with E-state index in [1.54, 1.807) is 6.07 Å². The molecular weight excluding hydrogens is 398 g/mol. The molecule has 8 heteroatoms. The van der Waals surface area contributed by atoms with Gasteiger partial charge >= 0.3 is 0 Å². The van der Waals surface area contributed by atoms with Gasteiger partial charge in [0.25, 0.3) is 5.91 Å². The number of benzene rings is 2. The van der Waals surface area contributed by atoms with Gasteiger partial charge in [-0.3, -0.25) is 4.79 Å². The molecule has 0 radical (unpaired) electrons. The lowest BCUT2D eigenvalue weighted by atomic mass is 10.1. The summed E-state index contributed by atoms with van der Waals surface area (Å²) in [5, 5.41) is 3.01. The lowest BCUT2D eigenvalue weighted by Gasteiger charge is -2.17. The first-order valence-electron chi connectivity index (χ1n) is 9.08. The lowest BCUT2D eigenvalue weighted by molar-refractivity contribution is 0.0937. The number of ether oxygens (including phenoxy) is 2. The summed E-state index contributed by atoms with van der Waals surface area (Å²) in [5.41, 5.74) is 1.48. The van der Waals surface area contributed by atoms with E-state index < -0.39 is 9.84 Å². The number of fused-ring (bicyclic) bond motifs is 1. The van der Waals surface area contributed by atoms with Gasteiger partial charge in [-0.2, -0.15) is 0 Å². The Labute approximate surface area is 168 Å². The maximum Gasteiger partial charge on any atom is 0.252 e. The third-order valence-corrected chi connectivity index (χ3v) is 8.18. The van der Waals surface area contributed by atoms with Crippen LogP contribution in [0.3, 0.4) is 0 Å². The predicted molar refractivity (Wildman–Crippen MR) is 108 cm³/mol. The van der Waals surface area contributed by atoms with E-state index in [2.05, 4.69) is 5.32 Å². The van der Waals surface area contributed by atoms with Crippen molar-refractivity contribution in [3.8, 4) is 11.5 Å². The number of sulfone groups is 1. The molecule has 6 nitrogen and oxygen atoms in total. The third-order valence-electron chi connectivity index (χ3n) is 4.86. The zero-order valence-corrected chi connectivity index (χ0v) is 17.0. The molecule has 1 fully saturated rings. The van der Waals surface area contributed by atoms with Gasteiger partial charge in [-0.1, -0.05) is 18.2 Å². The van der Waals surface area contributed by atoms with E-state index in [0.29, 0.717) is 23.5 Å². The van der Waals surface area contributed by atoms with Gasteiger partial charge in [0.2, 0.25) is 6.79 Å². The molecule has 0 spiro atoms. The second-order valence-electron chi connectivity index (χ2n) is 6.95. The molecule has 28 heavy (non-hydrogen) atoms. The third kappa shape index (κ3) is 4.12. The van der Waals surface area contributed by atoms with Crippen molar-refractivity contribution in [2.45, 2.75) is 29.5 Å². The monoisotopic (exact) mass is 419 g/mol. The van der Waals surface area contributed by atoms with Crippen LogP contribution in [0.2, 0.25) is 0 Å². The number of rotatable bonds is 5. The van der Waals surface area contributed by atoms with E-state index in [0.717, 1.165) is 10.5 Å². The summed E-state index contributed by atoms with van der Waals surface area (Å²) in [6.07, 6.45) is 0.622. The quantitative estimate of drug-likeness (QED) is 0.802. The standard InChI is InChI=1S/C20H21NO5S2/c1-13(14-6-7-17-18(10-14)26-12-25-17)21-20(22)16-4-2-3-5-19(16)27-15-8-9-28(23,24)11-15/h2-7,10,13,15H,8-9,11-12H2,1H3,(H,21,22). The Morgan fingerprint density at radius 1 is 1.18 bits per heavy atom. The zero-order valence-electron chi connectivity index (χ0n) is 15.4. The van der Waals surface area contributed by atoms with E-state index in [1.165, 1.54) is 11.8 Å². The van der Waals surface area contributed by atoms with Crippen LogP contribution in [0.4, 0.5) is 0 Å². The Morgan fingerprint density at radius 3 is 2.75 bits per heavy atom. The number of thioether (sulfide) groups is 1. The maximum atomic E-state index is 12.9. The Kier molecular flexibility index (Phi) is 5.25. The van der Waals surface area contributed by atoms with Crippen molar-refractivity contribution in [3.63, 3.8) is 0 Å². The van der Waals surface area contributed by atoms with E-state index in [4.69, 9.17) is 9.47 Å². The van der Waals surface area contributed by atoms with E-state index in [1.807, 2.05) is 43.3 Å². The van der Waals surface area contributed by atoms with Crippen molar-refractivity contribution >= 4 is 27.5 Å². The summed E-state index contributed by atoms with van der Waals surface area (Å²) < 4.78 is 34.2.